The molecule has 1 fully saturated rings. The molecule has 1 aromatic rings. The lowest BCUT2D eigenvalue weighted by Crippen LogP contribution is -2.31. The van der Waals surface area contributed by atoms with E-state index in [1.165, 1.54) is 35.7 Å². The second-order valence-electron chi connectivity index (χ2n) is 4.43. The first-order valence-electron chi connectivity index (χ1n) is 5.89. The number of benzene rings is 1. The van der Waals surface area contributed by atoms with E-state index in [0.29, 0.717) is 25.1 Å². The molecule has 1 aliphatic rings. The van der Waals surface area contributed by atoms with Gasteiger partial charge in [-0.05, 0) is 30.7 Å². The van der Waals surface area contributed by atoms with Crippen LogP contribution < -0.4 is 5.73 Å². The smallest absolute Gasteiger partial charge is 0.337 e. The Bertz CT molecular complexity index is 568. The van der Waals surface area contributed by atoms with Crippen molar-refractivity contribution < 1.29 is 17.9 Å². The third kappa shape index (κ3) is 2.78. The molecule has 2 N–H and O–H groups in total. The van der Waals surface area contributed by atoms with Crippen LogP contribution in [0, 0.1) is 0 Å². The molecule has 2 rings (SSSR count). The van der Waals surface area contributed by atoms with E-state index in [9.17, 15) is 13.2 Å². The highest BCUT2D eigenvalue weighted by atomic mass is 32.2. The Morgan fingerprint density at radius 1 is 1.37 bits per heavy atom. The molecule has 104 valence electrons. The minimum atomic E-state index is -3.52. The second-order valence-corrected chi connectivity index (χ2v) is 6.37. The Labute approximate surface area is 112 Å². The molecule has 1 aliphatic heterocycles. The van der Waals surface area contributed by atoms with Crippen LogP contribution in [-0.2, 0) is 14.8 Å². The SMILES string of the molecule is COC(=O)c1ccc(S(=O)(=O)N2CC[C@H](N)C2)cc1. The molecule has 1 heterocycles. The lowest BCUT2D eigenvalue weighted by atomic mass is 10.2. The van der Waals surface area contributed by atoms with Gasteiger partial charge < -0.3 is 10.5 Å². The summed E-state index contributed by atoms with van der Waals surface area (Å²) in [6.07, 6.45) is 0.666. The molecule has 0 radical (unpaired) electrons. The Morgan fingerprint density at radius 2 is 2.00 bits per heavy atom. The normalized spacial score (nSPS) is 20.4. The number of sulfonamides is 1. The molecule has 6 nitrogen and oxygen atoms in total. The summed E-state index contributed by atoms with van der Waals surface area (Å²) in [7, 11) is -2.24. The van der Waals surface area contributed by atoms with Crippen LogP contribution in [0.2, 0.25) is 0 Å². The first-order valence-corrected chi connectivity index (χ1v) is 7.33. The fraction of sp³-hybridized carbons (Fsp3) is 0.417. The van der Waals surface area contributed by atoms with Gasteiger partial charge in [0.2, 0.25) is 10.0 Å². The average Bonchev–Trinajstić information content (AvgIpc) is 2.85. The molecule has 1 aromatic carbocycles. The summed E-state index contributed by atoms with van der Waals surface area (Å²) in [5.41, 5.74) is 6.03. The molecule has 7 heteroatoms. The molecule has 0 amide bonds. The van der Waals surface area contributed by atoms with Gasteiger partial charge in [-0.15, -0.1) is 0 Å². The number of rotatable bonds is 3. The summed E-state index contributed by atoms with van der Waals surface area (Å²) in [6, 6.07) is 5.59. The van der Waals surface area contributed by atoms with Crippen LogP contribution in [0.5, 0.6) is 0 Å². The van der Waals surface area contributed by atoms with Crippen molar-refractivity contribution in [2.75, 3.05) is 20.2 Å². The van der Waals surface area contributed by atoms with Crippen LogP contribution in [0.25, 0.3) is 0 Å². The van der Waals surface area contributed by atoms with Gasteiger partial charge in [-0.3, -0.25) is 0 Å². The summed E-state index contributed by atoms with van der Waals surface area (Å²) in [5.74, 6) is -0.493. The van der Waals surface area contributed by atoms with Crippen molar-refractivity contribution in [2.45, 2.75) is 17.4 Å². The molecule has 1 saturated heterocycles. The highest BCUT2D eigenvalue weighted by molar-refractivity contribution is 7.89. The molecule has 0 saturated carbocycles. The minimum absolute atomic E-state index is 0.107. The molecular formula is C12H16N2O4S. The Hall–Kier alpha value is -1.44. The highest BCUT2D eigenvalue weighted by Gasteiger charge is 2.30. The number of nitrogens with zero attached hydrogens (tertiary/aromatic N) is 1. The number of carbonyl (C=O) groups excluding carboxylic acids is 1. The van der Waals surface area contributed by atoms with E-state index in [-0.39, 0.29) is 10.9 Å². The number of nitrogens with two attached hydrogens (primary N) is 1. The Morgan fingerprint density at radius 3 is 2.47 bits per heavy atom. The maximum atomic E-state index is 12.3. The molecule has 1 atom stereocenters. The first-order chi connectivity index (χ1) is 8.95. The van der Waals surface area contributed by atoms with Gasteiger partial charge in [0.1, 0.15) is 0 Å². The fourth-order valence-electron chi connectivity index (χ4n) is 2.00. The van der Waals surface area contributed by atoms with Gasteiger partial charge in [0.05, 0.1) is 17.6 Å². The molecule has 0 spiro atoms. The predicted molar refractivity (Wildman–Crippen MR) is 69.1 cm³/mol. The van der Waals surface area contributed by atoms with Gasteiger partial charge in [-0.25, -0.2) is 13.2 Å². The van der Waals surface area contributed by atoms with Gasteiger partial charge in [-0.2, -0.15) is 4.31 Å². The van der Waals surface area contributed by atoms with Gasteiger partial charge in [0.25, 0.3) is 0 Å². The van der Waals surface area contributed by atoms with E-state index in [1.807, 2.05) is 0 Å². The third-order valence-electron chi connectivity index (χ3n) is 3.10. The van der Waals surface area contributed by atoms with Crippen LogP contribution in [0.1, 0.15) is 16.8 Å². The van der Waals surface area contributed by atoms with Crippen LogP contribution >= 0.6 is 0 Å². The summed E-state index contributed by atoms with van der Waals surface area (Å²) in [6.45, 7) is 0.767. The van der Waals surface area contributed by atoms with Gasteiger partial charge >= 0.3 is 5.97 Å². The van der Waals surface area contributed by atoms with Crippen molar-refractivity contribution in [1.29, 1.82) is 0 Å². The maximum absolute atomic E-state index is 12.3. The topological polar surface area (TPSA) is 89.7 Å². The number of hydrogen-bond acceptors (Lipinski definition) is 5. The third-order valence-corrected chi connectivity index (χ3v) is 4.98. The summed E-state index contributed by atoms with van der Waals surface area (Å²) < 4.78 is 30.5. The predicted octanol–water partition coefficient (Wildman–Crippen LogP) is 0.195. The van der Waals surface area contributed by atoms with E-state index in [0.717, 1.165) is 0 Å². The van der Waals surface area contributed by atoms with Crippen molar-refractivity contribution in [3.63, 3.8) is 0 Å². The number of carbonyl (C=O) groups is 1. The van der Waals surface area contributed by atoms with Crippen LogP contribution in [0.3, 0.4) is 0 Å². The molecule has 0 aromatic heterocycles. The molecule has 0 bridgehead atoms. The summed E-state index contributed by atoms with van der Waals surface area (Å²) in [5, 5.41) is 0. The van der Waals surface area contributed by atoms with Crippen LogP contribution in [0.15, 0.2) is 29.2 Å². The summed E-state index contributed by atoms with van der Waals surface area (Å²) >= 11 is 0. The second kappa shape index (κ2) is 5.28. The molecule has 19 heavy (non-hydrogen) atoms. The van der Waals surface area contributed by atoms with Crippen molar-refractivity contribution in [3.05, 3.63) is 29.8 Å². The monoisotopic (exact) mass is 284 g/mol. The number of hydrogen-bond donors (Lipinski definition) is 1. The van der Waals surface area contributed by atoms with Crippen LogP contribution in [-0.4, -0.2) is 44.9 Å². The highest BCUT2D eigenvalue weighted by Crippen LogP contribution is 2.20. The molecular weight excluding hydrogens is 268 g/mol. The van der Waals surface area contributed by atoms with E-state index >= 15 is 0 Å². The zero-order chi connectivity index (χ0) is 14.0. The number of ether oxygens (including phenoxy) is 1. The van der Waals surface area contributed by atoms with Gasteiger partial charge in [0, 0.05) is 19.1 Å². The zero-order valence-corrected chi connectivity index (χ0v) is 11.4. The van der Waals surface area contributed by atoms with E-state index in [2.05, 4.69) is 4.74 Å². The lowest BCUT2D eigenvalue weighted by Gasteiger charge is -2.15. The number of esters is 1. The fourth-order valence-corrected chi connectivity index (χ4v) is 3.51. The van der Waals surface area contributed by atoms with Crippen molar-refractivity contribution in [1.82, 2.24) is 4.31 Å². The molecule has 0 unspecified atom stereocenters. The van der Waals surface area contributed by atoms with Crippen molar-refractivity contribution >= 4 is 16.0 Å². The Balaban J connectivity index is 2.24. The zero-order valence-electron chi connectivity index (χ0n) is 10.6. The lowest BCUT2D eigenvalue weighted by molar-refractivity contribution is 0.0600. The maximum Gasteiger partial charge on any atom is 0.337 e. The van der Waals surface area contributed by atoms with Crippen molar-refractivity contribution in [3.8, 4) is 0 Å². The van der Waals surface area contributed by atoms with E-state index in [4.69, 9.17) is 5.73 Å². The van der Waals surface area contributed by atoms with Crippen LogP contribution in [0.4, 0.5) is 0 Å². The van der Waals surface area contributed by atoms with Gasteiger partial charge in [-0.1, -0.05) is 0 Å². The summed E-state index contributed by atoms with van der Waals surface area (Å²) in [4.78, 5) is 11.4. The first kappa shape index (κ1) is 14.0. The van der Waals surface area contributed by atoms with E-state index in [1.54, 1.807) is 0 Å². The molecule has 0 aliphatic carbocycles. The quantitative estimate of drug-likeness (QED) is 0.801. The minimum Gasteiger partial charge on any atom is -0.465 e. The standard InChI is InChI=1S/C12H16N2O4S/c1-18-12(15)9-2-4-11(5-3-9)19(16,17)14-7-6-10(13)8-14/h2-5,10H,6-8,13H2,1H3/t10-/m0/s1. The Kier molecular flexibility index (Phi) is 3.88. The average molecular weight is 284 g/mol. The number of methoxy groups -OCH3 is 1. The van der Waals surface area contributed by atoms with Gasteiger partial charge in [0.15, 0.2) is 0 Å². The van der Waals surface area contributed by atoms with Crippen molar-refractivity contribution in [2.24, 2.45) is 5.73 Å². The van der Waals surface area contributed by atoms with E-state index < -0.39 is 16.0 Å². The largest absolute Gasteiger partial charge is 0.465 e.